The highest BCUT2D eigenvalue weighted by atomic mass is 19.1. The number of pyridine rings is 2. The van der Waals surface area contributed by atoms with E-state index in [0.717, 1.165) is 47.9 Å². The van der Waals surface area contributed by atoms with Crippen molar-refractivity contribution in [2.45, 2.75) is 32.0 Å². The van der Waals surface area contributed by atoms with Gasteiger partial charge in [0.15, 0.2) is 11.6 Å². The lowest BCUT2D eigenvalue weighted by Crippen LogP contribution is -2.40. The normalized spacial score (nSPS) is 18.0. The van der Waals surface area contributed by atoms with Gasteiger partial charge in [-0.15, -0.1) is 0 Å². The van der Waals surface area contributed by atoms with Gasteiger partial charge in [-0.2, -0.15) is 0 Å². The molecule has 1 atom stereocenters. The van der Waals surface area contributed by atoms with Gasteiger partial charge in [-0.25, -0.2) is 14.4 Å². The Bertz CT molecular complexity index is 886. The standard InChI is InChI=1S/C18H22FN5O/c1-11(19)10-24-7-4-12(5-8-24)25-16-15-13-3-2-6-21-18(13)23-14(15)9-22-17(16)20/h2-3,6,9,11-12H,4-5,7-8,10H2,1H3,(H2,20,22)(H,21,23). The number of nitrogen functional groups attached to an aromatic ring is 1. The second-order valence-corrected chi connectivity index (χ2v) is 6.68. The third-order valence-electron chi connectivity index (χ3n) is 4.72. The number of anilines is 1. The molecule has 4 rings (SSSR count). The topological polar surface area (TPSA) is 80.1 Å². The zero-order valence-corrected chi connectivity index (χ0v) is 14.2. The fraction of sp³-hybridized carbons (Fsp3) is 0.444. The van der Waals surface area contributed by atoms with Gasteiger partial charge < -0.3 is 20.4 Å². The summed E-state index contributed by atoms with van der Waals surface area (Å²) >= 11 is 0. The molecule has 1 fully saturated rings. The van der Waals surface area contributed by atoms with Crippen molar-refractivity contribution in [1.29, 1.82) is 0 Å². The molecule has 3 aromatic rings. The van der Waals surface area contributed by atoms with Crippen LogP contribution in [0.3, 0.4) is 0 Å². The highest BCUT2D eigenvalue weighted by Crippen LogP contribution is 2.36. The summed E-state index contributed by atoms with van der Waals surface area (Å²) in [4.78, 5) is 14.0. The maximum absolute atomic E-state index is 13.2. The summed E-state index contributed by atoms with van der Waals surface area (Å²) in [5.74, 6) is 1.01. The number of H-pyrrole nitrogens is 1. The first kappa shape index (κ1) is 16.1. The molecule has 0 bridgehead atoms. The maximum Gasteiger partial charge on any atom is 0.171 e. The number of ether oxygens (including phenoxy) is 1. The number of hydrogen-bond acceptors (Lipinski definition) is 5. The van der Waals surface area contributed by atoms with Crippen LogP contribution in [0.2, 0.25) is 0 Å². The molecule has 0 radical (unpaired) electrons. The Morgan fingerprint density at radius 3 is 2.96 bits per heavy atom. The fourth-order valence-corrected chi connectivity index (χ4v) is 3.56. The molecular formula is C18H22FN5O. The van der Waals surface area contributed by atoms with Gasteiger partial charge in [0.25, 0.3) is 0 Å². The van der Waals surface area contributed by atoms with Crippen LogP contribution in [0.15, 0.2) is 24.5 Å². The van der Waals surface area contributed by atoms with Crippen LogP contribution in [0.4, 0.5) is 10.2 Å². The van der Waals surface area contributed by atoms with Crippen molar-refractivity contribution < 1.29 is 9.13 Å². The third kappa shape index (κ3) is 3.11. The fourth-order valence-electron chi connectivity index (χ4n) is 3.56. The summed E-state index contributed by atoms with van der Waals surface area (Å²) in [7, 11) is 0. The van der Waals surface area contributed by atoms with Gasteiger partial charge in [0, 0.05) is 31.2 Å². The Hall–Kier alpha value is -2.41. The summed E-state index contributed by atoms with van der Waals surface area (Å²) in [6.45, 7) is 3.75. The highest BCUT2D eigenvalue weighted by Gasteiger charge is 2.24. The third-order valence-corrected chi connectivity index (χ3v) is 4.72. The van der Waals surface area contributed by atoms with Crippen LogP contribution in [0, 0.1) is 0 Å². The number of nitrogens with two attached hydrogens (primary N) is 1. The van der Waals surface area contributed by atoms with Crippen molar-refractivity contribution in [2.24, 2.45) is 0 Å². The largest absolute Gasteiger partial charge is 0.486 e. The van der Waals surface area contributed by atoms with Crippen molar-refractivity contribution in [2.75, 3.05) is 25.4 Å². The molecule has 1 saturated heterocycles. The Balaban J connectivity index is 1.60. The minimum absolute atomic E-state index is 0.0579. The predicted molar refractivity (Wildman–Crippen MR) is 96.5 cm³/mol. The lowest BCUT2D eigenvalue weighted by Gasteiger charge is -2.32. The number of piperidine rings is 1. The van der Waals surface area contributed by atoms with E-state index in [4.69, 9.17) is 10.5 Å². The van der Waals surface area contributed by atoms with Gasteiger partial charge in [-0.3, -0.25) is 0 Å². The van der Waals surface area contributed by atoms with Crippen LogP contribution >= 0.6 is 0 Å². The minimum Gasteiger partial charge on any atom is -0.486 e. The molecule has 0 saturated carbocycles. The van der Waals surface area contributed by atoms with Crippen LogP contribution in [0.1, 0.15) is 19.8 Å². The summed E-state index contributed by atoms with van der Waals surface area (Å²) in [6.07, 6.45) is 4.42. The summed E-state index contributed by atoms with van der Waals surface area (Å²) in [5, 5.41) is 1.90. The Kier molecular flexibility index (Phi) is 4.17. The molecule has 0 aromatic carbocycles. The second kappa shape index (κ2) is 6.48. The van der Waals surface area contributed by atoms with Crippen LogP contribution in [-0.4, -0.2) is 51.8 Å². The van der Waals surface area contributed by atoms with Gasteiger partial charge in [0.05, 0.1) is 17.1 Å². The average molecular weight is 343 g/mol. The van der Waals surface area contributed by atoms with Crippen molar-refractivity contribution in [1.82, 2.24) is 19.9 Å². The molecule has 0 amide bonds. The van der Waals surface area contributed by atoms with E-state index in [2.05, 4.69) is 19.9 Å². The molecule has 7 heteroatoms. The monoisotopic (exact) mass is 343 g/mol. The van der Waals surface area contributed by atoms with Crippen LogP contribution in [-0.2, 0) is 0 Å². The Morgan fingerprint density at radius 1 is 1.40 bits per heavy atom. The zero-order valence-electron chi connectivity index (χ0n) is 14.2. The van der Waals surface area contributed by atoms with Crippen molar-refractivity contribution in [3.63, 3.8) is 0 Å². The number of rotatable bonds is 4. The molecular weight excluding hydrogens is 321 g/mol. The van der Waals surface area contributed by atoms with E-state index in [9.17, 15) is 4.39 Å². The number of nitrogens with one attached hydrogen (secondary N) is 1. The van der Waals surface area contributed by atoms with E-state index < -0.39 is 6.17 Å². The van der Waals surface area contributed by atoms with Crippen LogP contribution in [0.5, 0.6) is 5.75 Å². The number of hydrogen-bond donors (Lipinski definition) is 2. The molecule has 3 aromatic heterocycles. The Morgan fingerprint density at radius 2 is 2.20 bits per heavy atom. The highest BCUT2D eigenvalue weighted by molar-refractivity contribution is 6.10. The van der Waals surface area contributed by atoms with Crippen LogP contribution in [0.25, 0.3) is 21.9 Å². The molecule has 0 aliphatic carbocycles. The maximum atomic E-state index is 13.2. The van der Waals surface area contributed by atoms with Crippen molar-refractivity contribution in [3.8, 4) is 5.75 Å². The number of alkyl halides is 1. The summed E-state index contributed by atoms with van der Waals surface area (Å²) < 4.78 is 19.4. The second-order valence-electron chi connectivity index (χ2n) is 6.68. The molecule has 132 valence electrons. The molecule has 0 spiro atoms. The van der Waals surface area contributed by atoms with Crippen molar-refractivity contribution >= 4 is 27.8 Å². The van der Waals surface area contributed by atoms with E-state index >= 15 is 0 Å². The average Bonchev–Trinajstić information content (AvgIpc) is 2.97. The van der Waals surface area contributed by atoms with Gasteiger partial charge in [-0.05, 0) is 31.9 Å². The molecule has 1 unspecified atom stereocenters. The van der Waals surface area contributed by atoms with Gasteiger partial charge in [0.2, 0.25) is 0 Å². The SMILES string of the molecule is CC(F)CN1CCC(Oc2c(N)ncc3[nH]c4ncccc4c23)CC1. The Labute approximate surface area is 145 Å². The van der Waals surface area contributed by atoms with E-state index in [-0.39, 0.29) is 6.10 Å². The van der Waals surface area contributed by atoms with E-state index in [0.29, 0.717) is 18.1 Å². The summed E-state index contributed by atoms with van der Waals surface area (Å²) in [5.41, 5.74) is 7.77. The molecule has 4 heterocycles. The van der Waals surface area contributed by atoms with E-state index in [1.54, 1.807) is 19.3 Å². The number of halogens is 1. The zero-order chi connectivity index (χ0) is 17.4. The smallest absolute Gasteiger partial charge is 0.171 e. The quantitative estimate of drug-likeness (QED) is 0.761. The van der Waals surface area contributed by atoms with Crippen molar-refractivity contribution in [3.05, 3.63) is 24.5 Å². The lowest BCUT2D eigenvalue weighted by atomic mass is 10.1. The molecule has 3 N–H and O–H groups in total. The molecule has 1 aliphatic heterocycles. The first-order valence-corrected chi connectivity index (χ1v) is 8.66. The number of aromatic amines is 1. The summed E-state index contributed by atoms with van der Waals surface area (Å²) in [6, 6.07) is 3.89. The van der Waals surface area contributed by atoms with E-state index in [1.807, 2.05) is 12.1 Å². The van der Waals surface area contributed by atoms with Gasteiger partial charge in [-0.1, -0.05) is 0 Å². The van der Waals surface area contributed by atoms with Gasteiger partial charge >= 0.3 is 0 Å². The van der Waals surface area contributed by atoms with Gasteiger partial charge in [0.1, 0.15) is 17.9 Å². The predicted octanol–water partition coefficient (Wildman–Crippen LogP) is 2.89. The number of fused-ring (bicyclic) bond motifs is 3. The lowest BCUT2D eigenvalue weighted by molar-refractivity contribution is 0.0884. The van der Waals surface area contributed by atoms with Crippen LogP contribution < -0.4 is 10.5 Å². The molecule has 6 nitrogen and oxygen atoms in total. The number of likely N-dealkylation sites (tertiary alicyclic amines) is 1. The first-order chi connectivity index (χ1) is 12.1. The number of nitrogens with zero attached hydrogens (tertiary/aromatic N) is 3. The number of aromatic nitrogens is 3. The first-order valence-electron chi connectivity index (χ1n) is 8.66. The molecule has 1 aliphatic rings. The molecule has 25 heavy (non-hydrogen) atoms. The minimum atomic E-state index is -0.801. The van der Waals surface area contributed by atoms with E-state index in [1.165, 1.54) is 0 Å².